The smallest absolute Gasteiger partial charge is 0.357 e. The van der Waals surface area contributed by atoms with Crippen LogP contribution in [-0.4, -0.2) is 32.3 Å². The molecule has 0 aliphatic carbocycles. The van der Waals surface area contributed by atoms with Gasteiger partial charge in [0, 0.05) is 7.05 Å². The molecular formula is C11H14N4O2. The molecule has 0 aliphatic rings. The van der Waals surface area contributed by atoms with Crippen molar-refractivity contribution in [3.63, 3.8) is 0 Å². The van der Waals surface area contributed by atoms with E-state index in [4.69, 9.17) is 4.74 Å². The number of rotatable bonds is 4. The molecule has 2 aromatic rings. The van der Waals surface area contributed by atoms with E-state index in [0.29, 0.717) is 17.6 Å². The monoisotopic (exact) mass is 234 g/mol. The summed E-state index contributed by atoms with van der Waals surface area (Å²) < 4.78 is 6.72. The predicted octanol–water partition coefficient (Wildman–Crippen LogP) is 1.32. The number of carbonyl (C=O) groups is 1. The van der Waals surface area contributed by atoms with Crippen molar-refractivity contribution >= 4 is 17.0 Å². The normalized spacial score (nSPS) is 10.7. The van der Waals surface area contributed by atoms with Gasteiger partial charge in [0.15, 0.2) is 11.3 Å². The standard InChI is InChI=1S/C11H14N4O2/c1-3-4-5-17-11(16)9-8-6-14-15(2)10(8)13-7-12-9/h6-7H,3-5H2,1-2H3. The average Bonchev–Trinajstić information content (AvgIpc) is 2.71. The van der Waals surface area contributed by atoms with E-state index in [-0.39, 0.29) is 5.69 Å². The Morgan fingerprint density at radius 3 is 3.06 bits per heavy atom. The third-order valence-corrected chi connectivity index (χ3v) is 2.45. The summed E-state index contributed by atoms with van der Waals surface area (Å²) in [5, 5.41) is 4.66. The van der Waals surface area contributed by atoms with Crippen molar-refractivity contribution in [1.29, 1.82) is 0 Å². The van der Waals surface area contributed by atoms with Gasteiger partial charge in [0.2, 0.25) is 0 Å². The highest BCUT2D eigenvalue weighted by atomic mass is 16.5. The molecule has 0 spiro atoms. The number of carbonyl (C=O) groups excluding carboxylic acids is 1. The largest absolute Gasteiger partial charge is 0.461 e. The van der Waals surface area contributed by atoms with Crippen molar-refractivity contribution in [2.24, 2.45) is 7.05 Å². The second kappa shape index (κ2) is 4.90. The summed E-state index contributed by atoms with van der Waals surface area (Å²) in [5.74, 6) is -0.418. The van der Waals surface area contributed by atoms with Gasteiger partial charge in [-0.15, -0.1) is 0 Å². The van der Waals surface area contributed by atoms with Gasteiger partial charge in [0.25, 0.3) is 0 Å². The Balaban J connectivity index is 2.26. The number of unbranched alkanes of at least 4 members (excludes halogenated alkanes) is 1. The van der Waals surface area contributed by atoms with Gasteiger partial charge in [-0.25, -0.2) is 14.8 Å². The molecule has 6 nitrogen and oxygen atoms in total. The first-order valence-electron chi connectivity index (χ1n) is 5.54. The maximum absolute atomic E-state index is 11.8. The Kier molecular flexibility index (Phi) is 3.32. The molecule has 17 heavy (non-hydrogen) atoms. The van der Waals surface area contributed by atoms with E-state index in [1.54, 1.807) is 17.9 Å². The molecule has 0 fully saturated rings. The van der Waals surface area contributed by atoms with E-state index < -0.39 is 5.97 Å². The number of ether oxygens (including phenoxy) is 1. The van der Waals surface area contributed by atoms with E-state index in [1.807, 2.05) is 6.92 Å². The Morgan fingerprint density at radius 1 is 1.47 bits per heavy atom. The molecule has 0 amide bonds. The van der Waals surface area contributed by atoms with Gasteiger partial charge in [-0.3, -0.25) is 4.68 Å². The Morgan fingerprint density at radius 2 is 2.29 bits per heavy atom. The SMILES string of the molecule is CCCCOC(=O)c1ncnc2c1cnn2C. The lowest BCUT2D eigenvalue weighted by molar-refractivity contribution is 0.0495. The maximum atomic E-state index is 11.8. The van der Waals surface area contributed by atoms with Crippen LogP contribution < -0.4 is 0 Å². The zero-order valence-electron chi connectivity index (χ0n) is 9.88. The zero-order valence-corrected chi connectivity index (χ0v) is 9.88. The Bertz CT molecular complexity index is 535. The molecule has 90 valence electrons. The summed E-state index contributed by atoms with van der Waals surface area (Å²) in [6, 6.07) is 0. The summed E-state index contributed by atoms with van der Waals surface area (Å²) in [7, 11) is 1.77. The van der Waals surface area contributed by atoms with E-state index in [2.05, 4.69) is 15.1 Å². The van der Waals surface area contributed by atoms with Gasteiger partial charge in [-0.2, -0.15) is 5.10 Å². The fourth-order valence-electron chi connectivity index (χ4n) is 1.50. The van der Waals surface area contributed by atoms with Crippen molar-refractivity contribution < 1.29 is 9.53 Å². The van der Waals surface area contributed by atoms with Crippen molar-refractivity contribution in [3.8, 4) is 0 Å². The second-order valence-electron chi connectivity index (χ2n) is 3.72. The van der Waals surface area contributed by atoms with Crippen LogP contribution in [0.4, 0.5) is 0 Å². The van der Waals surface area contributed by atoms with Crippen LogP contribution in [0, 0.1) is 0 Å². The van der Waals surface area contributed by atoms with Crippen LogP contribution in [0.5, 0.6) is 0 Å². The lowest BCUT2D eigenvalue weighted by Gasteiger charge is -2.03. The van der Waals surface area contributed by atoms with Crippen LogP contribution in [-0.2, 0) is 11.8 Å². The van der Waals surface area contributed by atoms with Crippen molar-refractivity contribution in [3.05, 3.63) is 18.2 Å². The summed E-state index contributed by atoms with van der Waals surface area (Å²) in [4.78, 5) is 19.8. The van der Waals surface area contributed by atoms with Gasteiger partial charge in [0.1, 0.15) is 6.33 Å². The molecule has 0 unspecified atom stereocenters. The van der Waals surface area contributed by atoms with Gasteiger partial charge in [-0.1, -0.05) is 13.3 Å². The van der Waals surface area contributed by atoms with Gasteiger partial charge in [0.05, 0.1) is 18.2 Å². The minimum absolute atomic E-state index is 0.277. The minimum Gasteiger partial charge on any atom is -0.461 e. The summed E-state index contributed by atoms with van der Waals surface area (Å²) >= 11 is 0. The number of fused-ring (bicyclic) bond motifs is 1. The average molecular weight is 234 g/mol. The lowest BCUT2D eigenvalue weighted by atomic mass is 10.3. The van der Waals surface area contributed by atoms with Gasteiger partial charge >= 0.3 is 5.97 Å². The topological polar surface area (TPSA) is 69.9 Å². The van der Waals surface area contributed by atoms with Crippen molar-refractivity contribution in [1.82, 2.24) is 19.7 Å². The highest BCUT2D eigenvalue weighted by molar-refractivity contribution is 6.00. The van der Waals surface area contributed by atoms with Crippen molar-refractivity contribution in [2.75, 3.05) is 6.61 Å². The summed E-state index contributed by atoms with van der Waals surface area (Å²) in [6.45, 7) is 2.46. The molecule has 0 aliphatic heterocycles. The number of nitrogens with zero attached hydrogens (tertiary/aromatic N) is 4. The Labute approximate surface area is 98.6 Å². The van der Waals surface area contributed by atoms with Crippen LogP contribution in [0.25, 0.3) is 11.0 Å². The fraction of sp³-hybridized carbons (Fsp3) is 0.455. The lowest BCUT2D eigenvalue weighted by Crippen LogP contribution is -2.09. The molecule has 0 saturated heterocycles. The van der Waals surface area contributed by atoms with Crippen LogP contribution in [0.1, 0.15) is 30.3 Å². The first-order valence-corrected chi connectivity index (χ1v) is 5.54. The molecule has 0 bridgehead atoms. The first kappa shape index (κ1) is 11.5. The molecule has 0 aromatic carbocycles. The molecule has 2 aromatic heterocycles. The number of hydrogen-bond donors (Lipinski definition) is 0. The highest BCUT2D eigenvalue weighted by Crippen LogP contribution is 2.14. The zero-order chi connectivity index (χ0) is 12.3. The summed E-state index contributed by atoms with van der Waals surface area (Å²) in [6.07, 6.45) is 4.76. The fourth-order valence-corrected chi connectivity index (χ4v) is 1.50. The molecular weight excluding hydrogens is 220 g/mol. The first-order chi connectivity index (χ1) is 8.24. The number of aryl methyl sites for hydroxylation is 1. The molecule has 0 saturated carbocycles. The van der Waals surface area contributed by atoms with Gasteiger partial charge in [-0.05, 0) is 6.42 Å². The highest BCUT2D eigenvalue weighted by Gasteiger charge is 2.15. The number of esters is 1. The quantitative estimate of drug-likeness (QED) is 0.589. The molecule has 0 radical (unpaired) electrons. The van der Waals surface area contributed by atoms with Gasteiger partial charge < -0.3 is 4.74 Å². The Hall–Kier alpha value is -1.98. The molecule has 6 heteroatoms. The van der Waals surface area contributed by atoms with Crippen LogP contribution in [0.2, 0.25) is 0 Å². The molecule has 2 heterocycles. The minimum atomic E-state index is -0.418. The third-order valence-electron chi connectivity index (χ3n) is 2.45. The predicted molar refractivity (Wildman–Crippen MR) is 61.5 cm³/mol. The molecule has 2 rings (SSSR count). The van der Waals surface area contributed by atoms with Crippen LogP contribution in [0.15, 0.2) is 12.5 Å². The molecule has 0 N–H and O–H groups in total. The summed E-state index contributed by atoms with van der Waals surface area (Å²) in [5.41, 5.74) is 0.904. The number of hydrogen-bond acceptors (Lipinski definition) is 5. The van der Waals surface area contributed by atoms with E-state index in [1.165, 1.54) is 6.33 Å². The third kappa shape index (κ3) is 2.25. The maximum Gasteiger partial charge on any atom is 0.357 e. The molecule has 0 atom stereocenters. The second-order valence-corrected chi connectivity index (χ2v) is 3.72. The number of aromatic nitrogens is 4. The van der Waals surface area contributed by atoms with E-state index in [0.717, 1.165) is 12.8 Å². The van der Waals surface area contributed by atoms with Crippen LogP contribution in [0.3, 0.4) is 0 Å². The van der Waals surface area contributed by atoms with Crippen molar-refractivity contribution in [2.45, 2.75) is 19.8 Å². The van der Waals surface area contributed by atoms with E-state index >= 15 is 0 Å². The van der Waals surface area contributed by atoms with Crippen LogP contribution >= 0.6 is 0 Å². The van der Waals surface area contributed by atoms with E-state index in [9.17, 15) is 4.79 Å².